The monoisotopic (exact) mass is 238 g/mol. The van der Waals surface area contributed by atoms with Crippen LogP contribution in [0, 0.1) is 13.8 Å². The Morgan fingerprint density at radius 1 is 1.53 bits per heavy atom. The van der Waals surface area contributed by atoms with Gasteiger partial charge in [-0.05, 0) is 40.2 Å². The molecular formula is C13H22N2O2. The Balaban J connectivity index is 2.69. The lowest BCUT2D eigenvalue weighted by molar-refractivity contribution is 0.0945. The van der Waals surface area contributed by atoms with Crippen molar-refractivity contribution in [1.82, 2.24) is 9.88 Å². The van der Waals surface area contributed by atoms with Crippen LogP contribution >= 0.6 is 0 Å². The molecule has 1 atom stereocenters. The molecule has 0 spiro atoms. The van der Waals surface area contributed by atoms with Gasteiger partial charge in [0, 0.05) is 24.5 Å². The third-order valence-electron chi connectivity index (χ3n) is 2.98. The molecule has 0 aliphatic rings. The largest absolute Gasteiger partial charge is 0.393 e. The van der Waals surface area contributed by atoms with Crippen molar-refractivity contribution in [3.05, 3.63) is 23.0 Å². The van der Waals surface area contributed by atoms with Crippen LogP contribution in [-0.2, 0) is 6.54 Å². The summed E-state index contributed by atoms with van der Waals surface area (Å²) < 4.78 is 2.11. The molecule has 4 heteroatoms. The first-order valence-electron chi connectivity index (χ1n) is 6.10. The molecule has 96 valence electrons. The van der Waals surface area contributed by atoms with Crippen LogP contribution in [0.1, 0.15) is 42.0 Å². The number of aliphatic hydroxyl groups excluding tert-OH is 1. The number of aliphatic hydroxyl groups is 1. The minimum atomic E-state index is -0.377. The molecule has 1 unspecified atom stereocenters. The molecule has 2 N–H and O–H groups in total. The molecule has 1 heterocycles. The summed E-state index contributed by atoms with van der Waals surface area (Å²) in [5, 5.41) is 11.9. The predicted molar refractivity (Wildman–Crippen MR) is 68.2 cm³/mol. The van der Waals surface area contributed by atoms with Crippen molar-refractivity contribution in [2.45, 2.75) is 46.8 Å². The molecule has 0 saturated carbocycles. The number of hydrogen-bond donors (Lipinski definition) is 2. The summed E-state index contributed by atoms with van der Waals surface area (Å²) in [7, 11) is 0. The molecule has 1 amide bonds. The molecule has 1 rings (SSSR count). The topological polar surface area (TPSA) is 54.3 Å². The van der Waals surface area contributed by atoms with E-state index in [9.17, 15) is 4.79 Å². The van der Waals surface area contributed by atoms with Crippen molar-refractivity contribution >= 4 is 5.91 Å². The lowest BCUT2D eigenvalue weighted by Gasteiger charge is -2.08. The molecule has 4 nitrogen and oxygen atoms in total. The van der Waals surface area contributed by atoms with Crippen molar-refractivity contribution in [3.63, 3.8) is 0 Å². The molecule has 0 saturated heterocycles. The van der Waals surface area contributed by atoms with Gasteiger partial charge >= 0.3 is 0 Å². The fourth-order valence-electron chi connectivity index (χ4n) is 2.01. The summed E-state index contributed by atoms with van der Waals surface area (Å²) in [4.78, 5) is 11.9. The Bertz CT molecular complexity index is 394. The fourth-order valence-corrected chi connectivity index (χ4v) is 2.01. The molecule has 1 aromatic heterocycles. The van der Waals surface area contributed by atoms with Crippen LogP contribution in [0.25, 0.3) is 0 Å². The average Bonchev–Trinajstić information content (AvgIpc) is 2.53. The number of carbonyl (C=O) groups excluding carboxylic acids is 1. The number of nitrogens with one attached hydrogen (secondary N) is 1. The maximum atomic E-state index is 11.9. The molecule has 0 radical (unpaired) electrons. The van der Waals surface area contributed by atoms with Gasteiger partial charge in [-0.1, -0.05) is 0 Å². The summed E-state index contributed by atoms with van der Waals surface area (Å²) in [5.41, 5.74) is 2.83. The molecular weight excluding hydrogens is 216 g/mol. The second kappa shape index (κ2) is 5.87. The van der Waals surface area contributed by atoms with E-state index < -0.39 is 0 Å². The van der Waals surface area contributed by atoms with Crippen molar-refractivity contribution in [3.8, 4) is 0 Å². The summed E-state index contributed by atoms with van der Waals surface area (Å²) >= 11 is 0. The van der Waals surface area contributed by atoms with E-state index in [4.69, 9.17) is 5.11 Å². The first-order valence-corrected chi connectivity index (χ1v) is 6.10. The molecule has 0 aliphatic heterocycles. The average molecular weight is 238 g/mol. The lowest BCUT2D eigenvalue weighted by atomic mass is 10.2. The molecule has 0 aromatic carbocycles. The highest BCUT2D eigenvalue weighted by Gasteiger charge is 2.14. The lowest BCUT2D eigenvalue weighted by Crippen LogP contribution is -2.26. The first kappa shape index (κ1) is 13.8. The number of hydrogen-bond acceptors (Lipinski definition) is 2. The van der Waals surface area contributed by atoms with Crippen LogP contribution in [-0.4, -0.2) is 28.2 Å². The maximum absolute atomic E-state index is 11.9. The molecule has 0 fully saturated rings. The zero-order valence-electron chi connectivity index (χ0n) is 11.1. The quantitative estimate of drug-likeness (QED) is 0.819. The SMILES string of the molecule is CCn1c(C)cc(C(=O)NCCC(C)O)c1C. The zero-order valence-corrected chi connectivity index (χ0v) is 11.1. The Kier molecular flexibility index (Phi) is 4.75. The van der Waals surface area contributed by atoms with E-state index in [0.29, 0.717) is 13.0 Å². The molecule has 17 heavy (non-hydrogen) atoms. The van der Waals surface area contributed by atoms with E-state index in [1.807, 2.05) is 19.9 Å². The van der Waals surface area contributed by atoms with Gasteiger partial charge in [0.2, 0.25) is 0 Å². The van der Waals surface area contributed by atoms with Crippen LogP contribution in [0.15, 0.2) is 6.07 Å². The van der Waals surface area contributed by atoms with Crippen LogP contribution in [0.2, 0.25) is 0 Å². The van der Waals surface area contributed by atoms with Crippen LogP contribution in [0.3, 0.4) is 0 Å². The summed E-state index contributed by atoms with van der Waals surface area (Å²) in [5.74, 6) is -0.0570. The number of nitrogens with zero attached hydrogens (tertiary/aromatic N) is 1. The van der Waals surface area contributed by atoms with Crippen molar-refractivity contribution in [1.29, 1.82) is 0 Å². The minimum Gasteiger partial charge on any atom is -0.393 e. The van der Waals surface area contributed by atoms with Gasteiger partial charge in [0.1, 0.15) is 0 Å². The minimum absolute atomic E-state index is 0.0570. The third kappa shape index (κ3) is 3.33. The van der Waals surface area contributed by atoms with Gasteiger partial charge in [-0.2, -0.15) is 0 Å². The maximum Gasteiger partial charge on any atom is 0.253 e. The van der Waals surface area contributed by atoms with Gasteiger partial charge in [-0.25, -0.2) is 0 Å². The van der Waals surface area contributed by atoms with Gasteiger partial charge in [-0.3, -0.25) is 4.79 Å². The Morgan fingerprint density at radius 3 is 2.65 bits per heavy atom. The number of amides is 1. The van der Waals surface area contributed by atoms with Gasteiger partial charge in [-0.15, -0.1) is 0 Å². The van der Waals surface area contributed by atoms with E-state index in [2.05, 4.69) is 16.8 Å². The van der Waals surface area contributed by atoms with Crippen LogP contribution in [0.5, 0.6) is 0 Å². The summed E-state index contributed by atoms with van der Waals surface area (Å²) in [6.45, 7) is 9.12. The van der Waals surface area contributed by atoms with Crippen molar-refractivity contribution in [2.24, 2.45) is 0 Å². The summed E-state index contributed by atoms with van der Waals surface area (Å²) in [6, 6.07) is 1.91. The number of carbonyl (C=O) groups is 1. The second-order valence-corrected chi connectivity index (χ2v) is 4.42. The normalized spacial score (nSPS) is 12.5. The second-order valence-electron chi connectivity index (χ2n) is 4.42. The van der Waals surface area contributed by atoms with E-state index in [1.54, 1.807) is 6.92 Å². The zero-order chi connectivity index (χ0) is 13.0. The highest BCUT2D eigenvalue weighted by Crippen LogP contribution is 2.14. The summed E-state index contributed by atoms with van der Waals surface area (Å²) in [6.07, 6.45) is 0.205. The van der Waals surface area contributed by atoms with Crippen LogP contribution < -0.4 is 5.32 Å². The highest BCUT2D eigenvalue weighted by atomic mass is 16.3. The fraction of sp³-hybridized carbons (Fsp3) is 0.615. The first-order chi connectivity index (χ1) is 7.97. The van der Waals surface area contributed by atoms with Crippen molar-refractivity contribution < 1.29 is 9.90 Å². The smallest absolute Gasteiger partial charge is 0.253 e. The number of aryl methyl sites for hydroxylation is 1. The number of aromatic nitrogens is 1. The Labute approximate surface area is 103 Å². The van der Waals surface area contributed by atoms with E-state index >= 15 is 0 Å². The van der Waals surface area contributed by atoms with Crippen LogP contribution in [0.4, 0.5) is 0 Å². The van der Waals surface area contributed by atoms with E-state index in [1.165, 1.54) is 0 Å². The molecule has 0 bridgehead atoms. The Morgan fingerprint density at radius 2 is 2.18 bits per heavy atom. The van der Waals surface area contributed by atoms with Gasteiger partial charge in [0.25, 0.3) is 5.91 Å². The van der Waals surface area contributed by atoms with E-state index in [0.717, 1.165) is 23.5 Å². The molecule has 1 aromatic rings. The standard InChI is InChI=1S/C13H22N2O2/c1-5-15-9(2)8-12(11(15)4)13(17)14-7-6-10(3)16/h8,10,16H,5-7H2,1-4H3,(H,14,17). The Hall–Kier alpha value is -1.29. The highest BCUT2D eigenvalue weighted by molar-refractivity contribution is 5.95. The third-order valence-corrected chi connectivity index (χ3v) is 2.98. The predicted octanol–water partition coefficient (Wildman–Crippen LogP) is 1.63. The van der Waals surface area contributed by atoms with Gasteiger partial charge < -0.3 is 15.0 Å². The van der Waals surface area contributed by atoms with E-state index in [-0.39, 0.29) is 12.0 Å². The van der Waals surface area contributed by atoms with Gasteiger partial charge in [0.05, 0.1) is 11.7 Å². The van der Waals surface area contributed by atoms with Crippen molar-refractivity contribution in [2.75, 3.05) is 6.54 Å². The molecule has 0 aliphatic carbocycles. The number of rotatable bonds is 5. The van der Waals surface area contributed by atoms with Gasteiger partial charge in [0.15, 0.2) is 0 Å².